The van der Waals surface area contributed by atoms with Crippen LogP contribution in [0.2, 0.25) is 0 Å². The molecule has 0 fully saturated rings. The summed E-state index contributed by atoms with van der Waals surface area (Å²) in [5.74, 6) is -1.68. The molecule has 0 heterocycles. The van der Waals surface area contributed by atoms with E-state index in [2.05, 4.69) is 4.74 Å². The lowest BCUT2D eigenvalue weighted by Crippen LogP contribution is -2.39. The number of hydrogen-bond donors (Lipinski definition) is 0. The Kier molecular flexibility index (Phi) is 6.71. The van der Waals surface area contributed by atoms with E-state index < -0.39 is 29.7 Å². The van der Waals surface area contributed by atoms with Gasteiger partial charge in [-0.1, -0.05) is 18.2 Å². The molecule has 1 unspecified atom stereocenters. The van der Waals surface area contributed by atoms with Gasteiger partial charge in [-0.3, -0.25) is 14.4 Å². The Morgan fingerprint density at radius 1 is 1.13 bits per heavy atom. The Hall–Kier alpha value is -2.41. The zero-order valence-corrected chi connectivity index (χ0v) is 13.6. The molecule has 0 aromatic heterocycles. The van der Waals surface area contributed by atoms with Crippen molar-refractivity contribution in [2.24, 2.45) is 0 Å². The normalized spacial score (nSPS) is 12.9. The summed E-state index contributed by atoms with van der Waals surface area (Å²) in [6.45, 7) is 2.55. The number of benzene rings is 1. The number of carbonyl (C=O) groups excluding carboxylic acids is 3. The van der Waals surface area contributed by atoms with Gasteiger partial charge in [0.15, 0.2) is 18.2 Å². The molecule has 126 valence electrons. The summed E-state index contributed by atoms with van der Waals surface area (Å²) in [4.78, 5) is 35.4. The number of ketones is 1. The number of methoxy groups -OCH3 is 2. The smallest absolute Gasteiger partial charge is 0.313 e. The lowest BCUT2D eigenvalue weighted by atomic mass is 9.88. The van der Waals surface area contributed by atoms with Gasteiger partial charge in [0.05, 0.1) is 7.11 Å². The Labute approximate surface area is 134 Å². The first-order valence-corrected chi connectivity index (χ1v) is 6.86. The second-order valence-corrected chi connectivity index (χ2v) is 4.85. The lowest BCUT2D eigenvalue weighted by Gasteiger charge is -2.29. The first-order chi connectivity index (χ1) is 10.8. The molecule has 0 aliphatic heterocycles. The molecule has 0 aliphatic rings. The highest BCUT2D eigenvalue weighted by molar-refractivity contribution is 6.01. The van der Waals surface area contributed by atoms with E-state index in [1.807, 2.05) is 0 Å². The van der Waals surface area contributed by atoms with Crippen molar-refractivity contribution in [1.82, 2.24) is 0 Å². The monoisotopic (exact) mass is 324 g/mol. The fraction of sp³-hybridized carbons (Fsp3) is 0.438. The first kappa shape index (κ1) is 18.6. The third-order valence-electron chi connectivity index (χ3n) is 3.15. The van der Waals surface area contributed by atoms with Crippen molar-refractivity contribution in [3.05, 3.63) is 29.8 Å². The van der Waals surface area contributed by atoms with Crippen LogP contribution in [0.15, 0.2) is 24.3 Å². The molecule has 1 rings (SSSR count). The van der Waals surface area contributed by atoms with E-state index in [0.717, 1.165) is 0 Å². The molecule has 7 nitrogen and oxygen atoms in total. The zero-order valence-electron chi connectivity index (χ0n) is 13.6. The van der Waals surface area contributed by atoms with Crippen LogP contribution in [-0.2, 0) is 34.2 Å². The minimum Gasteiger partial charge on any atom is -0.469 e. The molecule has 23 heavy (non-hydrogen) atoms. The number of Topliss-reactive ketones (excluding diaryl/α,β-unsaturated/α-hetero) is 1. The molecular weight excluding hydrogens is 304 g/mol. The summed E-state index contributed by atoms with van der Waals surface area (Å²) in [5, 5.41) is 0. The van der Waals surface area contributed by atoms with Crippen LogP contribution >= 0.6 is 0 Å². The van der Waals surface area contributed by atoms with Gasteiger partial charge in [-0.2, -0.15) is 0 Å². The van der Waals surface area contributed by atoms with E-state index in [9.17, 15) is 14.4 Å². The molecule has 0 saturated carbocycles. The molecule has 1 atom stereocenters. The average molecular weight is 324 g/mol. The average Bonchev–Trinajstić information content (AvgIpc) is 2.52. The second-order valence-electron chi connectivity index (χ2n) is 4.85. The molecule has 0 radical (unpaired) electrons. The lowest BCUT2D eigenvalue weighted by molar-refractivity contribution is -0.167. The maximum Gasteiger partial charge on any atom is 0.313 e. The highest BCUT2D eigenvalue weighted by Crippen LogP contribution is 2.35. The number of esters is 2. The van der Waals surface area contributed by atoms with E-state index in [1.54, 1.807) is 24.3 Å². The molecule has 0 saturated heterocycles. The van der Waals surface area contributed by atoms with Gasteiger partial charge in [0.2, 0.25) is 0 Å². The SMILES string of the molecule is COCOc1ccccc1C(C)(OC(C)=O)C(=O)CC(=O)OC. The van der Waals surface area contributed by atoms with Crippen molar-refractivity contribution in [3.8, 4) is 5.75 Å². The standard InChI is InChI=1S/C16H20O7/c1-11(17)23-16(2,14(18)9-15(19)21-4)12-7-5-6-8-13(12)22-10-20-3/h5-8H,9-10H2,1-4H3. The minimum absolute atomic E-state index is 0.0433. The quantitative estimate of drug-likeness (QED) is 0.407. The second kappa shape index (κ2) is 8.28. The minimum atomic E-state index is -1.68. The maximum absolute atomic E-state index is 12.5. The van der Waals surface area contributed by atoms with Gasteiger partial charge in [0.1, 0.15) is 12.2 Å². The van der Waals surface area contributed by atoms with Crippen LogP contribution in [-0.4, -0.2) is 38.7 Å². The van der Waals surface area contributed by atoms with Gasteiger partial charge in [0.25, 0.3) is 0 Å². The first-order valence-electron chi connectivity index (χ1n) is 6.86. The summed E-state index contributed by atoms with van der Waals surface area (Å²) >= 11 is 0. The van der Waals surface area contributed by atoms with Gasteiger partial charge in [0, 0.05) is 19.6 Å². The predicted octanol–water partition coefficient (Wildman–Crippen LogP) is 1.58. The van der Waals surface area contributed by atoms with Gasteiger partial charge in [-0.15, -0.1) is 0 Å². The van der Waals surface area contributed by atoms with E-state index in [0.29, 0.717) is 11.3 Å². The van der Waals surface area contributed by atoms with E-state index in [-0.39, 0.29) is 6.79 Å². The topological polar surface area (TPSA) is 88.1 Å². The highest BCUT2D eigenvalue weighted by atomic mass is 16.7. The summed E-state index contributed by atoms with van der Waals surface area (Å²) in [6.07, 6.45) is -0.529. The van der Waals surface area contributed by atoms with Crippen LogP contribution in [0.4, 0.5) is 0 Å². The van der Waals surface area contributed by atoms with Gasteiger partial charge >= 0.3 is 11.9 Å². The Bertz CT molecular complexity index is 582. The zero-order chi connectivity index (χ0) is 17.5. The number of hydrogen-bond acceptors (Lipinski definition) is 7. The fourth-order valence-corrected chi connectivity index (χ4v) is 2.03. The summed E-state index contributed by atoms with van der Waals surface area (Å²) in [7, 11) is 2.63. The number of ether oxygens (including phenoxy) is 4. The van der Waals surface area contributed by atoms with Crippen molar-refractivity contribution < 1.29 is 33.3 Å². The van der Waals surface area contributed by atoms with Gasteiger partial charge in [-0.25, -0.2) is 0 Å². The molecule has 1 aromatic rings. The fourth-order valence-electron chi connectivity index (χ4n) is 2.03. The van der Waals surface area contributed by atoms with Gasteiger partial charge in [-0.05, 0) is 13.0 Å². The Morgan fingerprint density at radius 3 is 2.35 bits per heavy atom. The summed E-state index contributed by atoms with van der Waals surface area (Å²) in [6, 6.07) is 6.57. The number of para-hydroxylation sites is 1. The van der Waals surface area contributed by atoms with Crippen LogP contribution < -0.4 is 4.74 Å². The van der Waals surface area contributed by atoms with Crippen LogP contribution in [0, 0.1) is 0 Å². The van der Waals surface area contributed by atoms with Crippen LogP contribution in [0.5, 0.6) is 5.75 Å². The molecule has 1 aromatic carbocycles. The van der Waals surface area contributed by atoms with E-state index >= 15 is 0 Å². The predicted molar refractivity (Wildman–Crippen MR) is 79.7 cm³/mol. The number of rotatable bonds is 8. The molecule has 7 heteroatoms. The van der Waals surface area contributed by atoms with Crippen LogP contribution in [0.25, 0.3) is 0 Å². The van der Waals surface area contributed by atoms with Crippen molar-refractivity contribution >= 4 is 17.7 Å². The van der Waals surface area contributed by atoms with Gasteiger partial charge < -0.3 is 18.9 Å². The summed E-state index contributed by atoms with van der Waals surface area (Å²) in [5.41, 5.74) is -1.36. The molecule has 0 aliphatic carbocycles. The summed E-state index contributed by atoms with van der Waals surface area (Å²) < 4.78 is 20.0. The van der Waals surface area contributed by atoms with E-state index in [4.69, 9.17) is 14.2 Å². The van der Waals surface area contributed by atoms with E-state index in [1.165, 1.54) is 28.1 Å². The van der Waals surface area contributed by atoms with Crippen molar-refractivity contribution in [3.63, 3.8) is 0 Å². The molecule has 0 N–H and O–H groups in total. The van der Waals surface area contributed by atoms with Crippen molar-refractivity contribution in [2.75, 3.05) is 21.0 Å². The molecule has 0 spiro atoms. The molecule has 0 amide bonds. The van der Waals surface area contributed by atoms with Crippen LogP contribution in [0.3, 0.4) is 0 Å². The van der Waals surface area contributed by atoms with Crippen LogP contribution in [0.1, 0.15) is 25.8 Å². The molecule has 0 bridgehead atoms. The molecular formula is C16H20O7. The largest absolute Gasteiger partial charge is 0.469 e. The van der Waals surface area contributed by atoms with Crippen molar-refractivity contribution in [1.29, 1.82) is 0 Å². The van der Waals surface area contributed by atoms with Crippen molar-refractivity contribution in [2.45, 2.75) is 25.9 Å². The maximum atomic E-state index is 12.5. The highest BCUT2D eigenvalue weighted by Gasteiger charge is 2.41. The third kappa shape index (κ3) is 4.79. The Morgan fingerprint density at radius 2 is 1.78 bits per heavy atom. The number of carbonyl (C=O) groups is 3. The third-order valence-corrected chi connectivity index (χ3v) is 3.15. The Balaban J connectivity index is 3.27.